The predicted octanol–water partition coefficient (Wildman–Crippen LogP) is 4.73. The summed E-state index contributed by atoms with van der Waals surface area (Å²) in [5.74, 6) is 1.05. The number of para-hydroxylation sites is 2. The lowest BCUT2D eigenvalue weighted by molar-refractivity contribution is 0.0993. The molecule has 3 aromatic carbocycles. The Morgan fingerprint density at radius 1 is 0.929 bits per heavy atom. The van der Waals surface area contributed by atoms with Crippen molar-refractivity contribution in [3.63, 3.8) is 0 Å². The van der Waals surface area contributed by atoms with Gasteiger partial charge in [-0.1, -0.05) is 36.4 Å². The maximum Gasteiger partial charge on any atom is 0.167 e. The molecule has 4 nitrogen and oxygen atoms in total. The van der Waals surface area contributed by atoms with Gasteiger partial charge in [0.05, 0.1) is 11.0 Å². The highest BCUT2D eigenvalue weighted by Gasteiger charge is 2.11. The second kappa shape index (κ2) is 7.31. The molecule has 0 saturated heterocycles. The smallest absolute Gasteiger partial charge is 0.167 e. The Kier molecular flexibility index (Phi) is 4.70. The molecule has 0 amide bonds. The fourth-order valence-corrected chi connectivity index (χ4v) is 3.41. The minimum absolute atomic E-state index is 0.126. The first kappa shape index (κ1) is 18.0. The quantitative estimate of drug-likeness (QED) is 0.477. The highest BCUT2D eigenvalue weighted by Crippen LogP contribution is 2.24. The Morgan fingerprint density at radius 2 is 1.61 bits per heavy atom. The zero-order chi connectivity index (χ0) is 19.7. The second-order valence-corrected chi connectivity index (χ2v) is 7.22. The summed E-state index contributed by atoms with van der Waals surface area (Å²) in [4.78, 5) is 19.3. The zero-order valence-electron chi connectivity index (χ0n) is 16.4. The van der Waals surface area contributed by atoms with Crippen molar-refractivity contribution in [3.05, 3.63) is 83.9 Å². The molecule has 0 bridgehead atoms. The molecule has 4 rings (SSSR count). The molecular formula is C24H23N3O. The first-order valence-electron chi connectivity index (χ1n) is 9.34. The zero-order valence-corrected chi connectivity index (χ0v) is 16.4. The van der Waals surface area contributed by atoms with Crippen molar-refractivity contribution in [2.75, 3.05) is 19.0 Å². The van der Waals surface area contributed by atoms with Gasteiger partial charge in [0.1, 0.15) is 5.82 Å². The van der Waals surface area contributed by atoms with Crippen LogP contribution < -0.4 is 4.90 Å². The number of rotatable bonds is 5. The van der Waals surface area contributed by atoms with E-state index in [0.29, 0.717) is 6.42 Å². The lowest BCUT2D eigenvalue weighted by Gasteiger charge is -2.12. The molecule has 0 spiro atoms. The summed E-state index contributed by atoms with van der Waals surface area (Å²) in [5, 5.41) is 0. The summed E-state index contributed by atoms with van der Waals surface area (Å²) in [5.41, 5.74) is 5.97. The van der Waals surface area contributed by atoms with Crippen molar-refractivity contribution < 1.29 is 4.79 Å². The van der Waals surface area contributed by atoms with Crippen molar-refractivity contribution in [2.45, 2.75) is 6.42 Å². The van der Waals surface area contributed by atoms with Gasteiger partial charge < -0.3 is 9.47 Å². The van der Waals surface area contributed by atoms with Gasteiger partial charge in [0, 0.05) is 44.4 Å². The first-order valence-corrected chi connectivity index (χ1v) is 9.34. The predicted molar refractivity (Wildman–Crippen MR) is 115 cm³/mol. The van der Waals surface area contributed by atoms with Crippen molar-refractivity contribution in [1.29, 1.82) is 0 Å². The van der Waals surface area contributed by atoms with Crippen LogP contribution in [0.15, 0.2) is 72.8 Å². The number of imidazole rings is 1. The number of ketones is 1. The van der Waals surface area contributed by atoms with Gasteiger partial charge >= 0.3 is 0 Å². The summed E-state index contributed by atoms with van der Waals surface area (Å²) >= 11 is 0. The van der Waals surface area contributed by atoms with Crippen LogP contribution in [0.5, 0.6) is 0 Å². The van der Waals surface area contributed by atoms with Crippen molar-refractivity contribution >= 4 is 22.5 Å². The van der Waals surface area contributed by atoms with E-state index in [1.807, 2.05) is 92.8 Å². The molecule has 0 fully saturated rings. The summed E-state index contributed by atoms with van der Waals surface area (Å²) in [6.07, 6.45) is 0.393. The van der Waals surface area contributed by atoms with Gasteiger partial charge in [0.2, 0.25) is 0 Å². The molecule has 1 aromatic heterocycles. The van der Waals surface area contributed by atoms with Crippen LogP contribution in [0.2, 0.25) is 0 Å². The monoisotopic (exact) mass is 369 g/mol. The molecule has 4 aromatic rings. The van der Waals surface area contributed by atoms with Crippen LogP contribution in [0, 0.1) is 0 Å². The maximum absolute atomic E-state index is 12.6. The van der Waals surface area contributed by atoms with Crippen LogP contribution in [-0.2, 0) is 13.5 Å². The van der Waals surface area contributed by atoms with E-state index in [1.54, 1.807) is 0 Å². The Hall–Kier alpha value is -3.40. The molecule has 0 saturated carbocycles. The molecule has 0 aliphatic rings. The molecule has 28 heavy (non-hydrogen) atoms. The molecule has 0 atom stereocenters. The summed E-state index contributed by atoms with van der Waals surface area (Å²) < 4.78 is 2.10. The van der Waals surface area contributed by atoms with E-state index in [2.05, 4.69) is 10.6 Å². The summed E-state index contributed by atoms with van der Waals surface area (Å²) in [6, 6.07) is 24.0. The number of benzene rings is 3. The van der Waals surface area contributed by atoms with Crippen molar-refractivity contribution in [1.82, 2.24) is 9.55 Å². The largest absolute Gasteiger partial charge is 0.378 e. The van der Waals surface area contributed by atoms with Gasteiger partial charge in [-0.2, -0.15) is 0 Å². The van der Waals surface area contributed by atoms with E-state index in [1.165, 1.54) is 0 Å². The van der Waals surface area contributed by atoms with Crippen LogP contribution in [0.25, 0.3) is 22.4 Å². The second-order valence-electron chi connectivity index (χ2n) is 7.22. The van der Waals surface area contributed by atoms with Crippen molar-refractivity contribution in [3.8, 4) is 11.4 Å². The standard InChI is InChI=1S/C24H23N3O/c1-26(2)20-14-12-18(13-15-20)23(28)16-17-8-10-19(11-9-17)24-25-21-6-4-5-7-22(21)27(24)3/h4-15H,16H2,1-3H3. The Balaban J connectivity index is 1.53. The fourth-order valence-electron chi connectivity index (χ4n) is 3.41. The Morgan fingerprint density at radius 3 is 2.25 bits per heavy atom. The molecule has 0 aliphatic heterocycles. The molecular weight excluding hydrogens is 346 g/mol. The van der Waals surface area contributed by atoms with Crippen LogP contribution in [0.3, 0.4) is 0 Å². The average Bonchev–Trinajstić information content (AvgIpc) is 3.05. The number of anilines is 1. The third kappa shape index (κ3) is 3.41. The molecule has 140 valence electrons. The van der Waals surface area contributed by atoms with Gasteiger partial charge in [0.25, 0.3) is 0 Å². The Bertz CT molecular complexity index is 1120. The molecule has 0 unspecified atom stereocenters. The molecule has 4 heteroatoms. The number of nitrogens with zero attached hydrogens (tertiary/aromatic N) is 3. The van der Waals surface area contributed by atoms with Crippen LogP contribution in [0.1, 0.15) is 15.9 Å². The van der Waals surface area contributed by atoms with E-state index in [4.69, 9.17) is 4.98 Å². The number of carbonyl (C=O) groups excluding carboxylic acids is 1. The van der Waals surface area contributed by atoms with Gasteiger partial charge in [-0.15, -0.1) is 0 Å². The van der Waals surface area contributed by atoms with Crippen LogP contribution in [0.4, 0.5) is 5.69 Å². The third-order valence-electron chi connectivity index (χ3n) is 5.07. The van der Waals surface area contributed by atoms with E-state index in [-0.39, 0.29) is 5.78 Å². The summed E-state index contributed by atoms with van der Waals surface area (Å²) in [7, 11) is 6.01. The number of fused-ring (bicyclic) bond motifs is 1. The topological polar surface area (TPSA) is 38.1 Å². The lowest BCUT2D eigenvalue weighted by Crippen LogP contribution is -2.09. The van der Waals surface area contributed by atoms with Gasteiger partial charge in [-0.3, -0.25) is 4.79 Å². The fraction of sp³-hybridized carbons (Fsp3) is 0.167. The molecule has 0 N–H and O–H groups in total. The third-order valence-corrected chi connectivity index (χ3v) is 5.07. The van der Waals surface area contributed by atoms with Crippen LogP contribution >= 0.6 is 0 Å². The summed E-state index contributed by atoms with van der Waals surface area (Å²) in [6.45, 7) is 0. The van der Waals surface area contributed by atoms with Gasteiger partial charge in [-0.05, 0) is 42.0 Å². The lowest BCUT2D eigenvalue weighted by atomic mass is 10.0. The first-order chi connectivity index (χ1) is 13.5. The highest BCUT2D eigenvalue weighted by molar-refractivity contribution is 5.97. The normalized spacial score (nSPS) is 11.0. The SMILES string of the molecule is CN(C)c1ccc(C(=O)Cc2ccc(-c3nc4ccccc4n3C)cc2)cc1. The average molecular weight is 369 g/mol. The maximum atomic E-state index is 12.6. The van der Waals surface area contributed by atoms with E-state index in [0.717, 1.165) is 39.2 Å². The number of hydrogen-bond acceptors (Lipinski definition) is 3. The number of hydrogen-bond donors (Lipinski definition) is 0. The minimum Gasteiger partial charge on any atom is -0.378 e. The number of Topliss-reactive ketones (excluding diaryl/α,β-unsaturated/α-hetero) is 1. The molecule has 1 heterocycles. The number of aromatic nitrogens is 2. The van der Waals surface area contributed by atoms with E-state index in [9.17, 15) is 4.79 Å². The van der Waals surface area contributed by atoms with E-state index >= 15 is 0 Å². The molecule has 0 radical (unpaired) electrons. The van der Waals surface area contributed by atoms with Gasteiger partial charge in [-0.25, -0.2) is 4.98 Å². The Labute approximate surface area is 165 Å². The molecule has 0 aliphatic carbocycles. The van der Waals surface area contributed by atoms with Gasteiger partial charge in [0.15, 0.2) is 5.78 Å². The number of aryl methyl sites for hydroxylation is 1. The van der Waals surface area contributed by atoms with Crippen LogP contribution in [-0.4, -0.2) is 29.4 Å². The minimum atomic E-state index is 0.126. The number of carbonyl (C=O) groups is 1. The van der Waals surface area contributed by atoms with Crippen molar-refractivity contribution in [2.24, 2.45) is 7.05 Å². The van der Waals surface area contributed by atoms with E-state index < -0.39 is 0 Å². The highest BCUT2D eigenvalue weighted by atomic mass is 16.1.